The predicted octanol–water partition coefficient (Wildman–Crippen LogP) is 12.8. The molecule has 0 heterocycles. The topological polar surface area (TPSA) is 12.0 Å². The number of halogens is 34. The zero-order valence-corrected chi connectivity index (χ0v) is 27.2. The van der Waals surface area contributed by atoms with Gasteiger partial charge in [0, 0.05) is 12.8 Å². The van der Waals surface area contributed by atoms with Crippen LogP contribution in [0.15, 0.2) is 0 Å². The third kappa shape index (κ3) is 8.19. The average Bonchev–Trinajstić information content (AvgIpc) is 3.01. The lowest BCUT2D eigenvalue weighted by Gasteiger charge is -2.43. The summed E-state index contributed by atoms with van der Waals surface area (Å²) in [5.74, 6) is -123. The Bertz CT molecular complexity index is 1310. The first-order valence-corrected chi connectivity index (χ1v) is 14.3. The Balaban J connectivity index is 6.83. The maximum absolute atomic E-state index is 14.3. The van der Waals surface area contributed by atoms with E-state index in [-0.39, 0.29) is 0 Å². The van der Waals surface area contributed by atoms with Crippen LogP contribution in [-0.2, 0) is 0 Å². The van der Waals surface area contributed by atoms with Crippen molar-refractivity contribution in [2.75, 3.05) is 13.1 Å². The maximum atomic E-state index is 14.3. The Morgan fingerprint density at radius 2 is 0.475 bits per heavy atom. The fraction of sp³-hybridized carbons (Fsp3) is 1.00. The van der Waals surface area contributed by atoms with Crippen LogP contribution in [0.4, 0.5) is 149 Å². The summed E-state index contributed by atoms with van der Waals surface area (Å²) in [4.78, 5) is 0. The van der Waals surface area contributed by atoms with Crippen LogP contribution in [0.1, 0.15) is 32.6 Å². The van der Waals surface area contributed by atoms with Crippen LogP contribution in [0.5, 0.6) is 0 Å². The summed E-state index contributed by atoms with van der Waals surface area (Å²) in [6.07, 6.45) is -28.1. The van der Waals surface area contributed by atoms with Crippen LogP contribution < -0.4 is 5.32 Å². The molecule has 0 amide bonds. The van der Waals surface area contributed by atoms with Crippen molar-refractivity contribution in [3.05, 3.63) is 0 Å². The van der Waals surface area contributed by atoms with E-state index in [1.54, 1.807) is 5.32 Å². The van der Waals surface area contributed by atoms with Crippen LogP contribution in [0, 0.1) is 5.92 Å². The molecule has 0 aliphatic rings. The average molecular weight is 965 g/mol. The second-order valence-corrected chi connectivity index (χ2v) is 12.0. The van der Waals surface area contributed by atoms with Gasteiger partial charge in [-0.3, -0.25) is 0 Å². The summed E-state index contributed by atoms with van der Waals surface area (Å²) in [5, 5.41) is 1.74. The molecule has 356 valence electrons. The first-order valence-electron chi connectivity index (χ1n) is 14.3. The van der Waals surface area contributed by atoms with Crippen LogP contribution in [0.2, 0.25) is 0 Å². The van der Waals surface area contributed by atoms with Gasteiger partial charge in [-0.05, 0) is 31.8 Å². The maximum Gasteiger partial charge on any atom is 0.460 e. The minimum absolute atomic E-state index is 0.665. The fourth-order valence-electron chi connectivity index (χ4n) is 4.17. The van der Waals surface area contributed by atoms with Gasteiger partial charge in [0.15, 0.2) is 0 Å². The van der Waals surface area contributed by atoms with Crippen molar-refractivity contribution in [1.82, 2.24) is 5.32 Å². The summed E-state index contributed by atoms with van der Waals surface area (Å²) in [5.41, 5.74) is 0. The van der Waals surface area contributed by atoms with E-state index in [1.165, 1.54) is 0 Å². The van der Waals surface area contributed by atoms with E-state index in [0.717, 1.165) is 6.92 Å². The quantitative estimate of drug-likeness (QED) is 0.113. The number of hydrogen-bond donors (Lipinski definition) is 1. The molecule has 0 saturated heterocycles. The standard InChI is InChI=1S/C24H17F34N/c1-2-59-7-8(3-5-9(25,26)11(29,30)13(33,34)15(37,38)17(41,42)19(45,46)21(49,50)23(53,54)55)4-6-10(27,28)12(31,32)14(35,36)16(39,40)18(43,44)20(47,48)22(51,52)24(56,57)58/h8,59H,2-7H2,1H3. The molecule has 1 nitrogen and oxygen atoms in total. The number of alkyl halides is 34. The fourth-order valence-corrected chi connectivity index (χ4v) is 4.17. The molecule has 0 aromatic rings. The predicted molar refractivity (Wildman–Crippen MR) is 122 cm³/mol. The molecule has 0 aliphatic carbocycles. The van der Waals surface area contributed by atoms with Gasteiger partial charge < -0.3 is 5.32 Å². The zero-order valence-electron chi connectivity index (χ0n) is 27.2. The van der Waals surface area contributed by atoms with Gasteiger partial charge in [0.2, 0.25) is 0 Å². The van der Waals surface area contributed by atoms with E-state index >= 15 is 0 Å². The smallest absolute Gasteiger partial charge is 0.317 e. The van der Waals surface area contributed by atoms with Gasteiger partial charge in [0.25, 0.3) is 0 Å². The van der Waals surface area contributed by atoms with E-state index < -0.39 is 140 Å². The molecule has 0 rings (SSSR count). The van der Waals surface area contributed by atoms with Crippen molar-refractivity contribution >= 4 is 0 Å². The summed E-state index contributed by atoms with van der Waals surface area (Å²) in [6, 6.07) is 0. The summed E-state index contributed by atoms with van der Waals surface area (Å²) in [6.45, 7) is -1.33. The molecular weight excluding hydrogens is 948 g/mol. The Labute approximate surface area is 302 Å². The SMILES string of the molecule is CCNCC(CCC(F)(F)C(F)(F)C(F)(F)C(F)(F)C(F)(F)C(F)(F)C(F)(F)C(F)(F)F)CCC(F)(F)C(F)(F)C(F)(F)C(F)(F)C(F)(F)C(F)(F)C(F)(F)C(F)(F)F. The Kier molecular flexibility index (Phi) is 14.8. The summed E-state index contributed by atoms with van der Waals surface area (Å²) < 4.78 is 458. The zero-order chi connectivity index (χ0) is 48.5. The lowest BCUT2D eigenvalue weighted by molar-refractivity contribution is -0.462. The molecule has 59 heavy (non-hydrogen) atoms. The van der Waals surface area contributed by atoms with Gasteiger partial charge in [-0.15, -0.1) is 0 Å². The van der Waals surface area contributed by atoms with Gasteiger partial charge in [-0.1, -0.05) is 6.92 Å². The second kappa shape index (κ2) is 15.4. The largest absolute Gasteiger partial charge is 0.460 e. The lowest BCUT2D eigenvalue weighted by Crippen LogP contribution is -2.74. The summed E-state index contributed by atoms with van der Waals surface area (Å²) >= 11 is 0. The first kappa shape index (κ1) is 56.6. The molecule has 0 aromatic carbocycles. The van der Waals surface area contributed by atoms with E-state index in [2.05, 4.69) is 0 Å². The van der Waals surface area contributed by atoms with Crippen molar-refractivity contribution in [1.29, 1.82) is 0 Å². The Morgan fingerprint density at radius 3 is 0.661 bits per heavy atom. The van der Waals surface area contributed by atoms with Crippen molar-refractivity contribution in [2.45, 2.75) is 128 Å². The third-order valence-corrected chi connectivity index (χ3v) is 7.99. The molecule has 1 N–H and O–H groups in total. The van der Waals surface area contributed by atoms with Gasteiger partial charge in [-0.25, -0.2) is 0 Å². The van der Waals surface area contributed by atoms with Crippen molar-refractivity contribution in [3.8, 4) is 0 Å². The number of rotatable bonds is 21. The number of nitrogens with one attached hydrogen (secondary N) is 1. The highest BCUT2D eigenvalue weighted by Crippen LogP contribution is 2.66. The van der Waals surface area contributed by atoms with Gasteiger partial charge in [-0.2, -0.15) is 149 Å². The molecule has 0 saturated carbocycles. The highest BCUT2D eigenvalue weighted by molar-refractivity contribution is 5.16. The molecule has 0 atom stereocenters. The highest BCUT2D eigenvalue weighted by atomic mass is 19.4. The van der Waals surface area contributed by atoms with Crippen LogP contribution in [-0.4, -0.2) is 108 Å². The minimum atomic E-state index is -9.08. The monoisotopic (exact) mass is 965 g/mol. The van der Waals surface area contributed by atoms with Crippen molar-refractivity contribution in [3.63, 3.8) is 0 Å². The van der Waals surface area contributed by atoms with E-state index in [1.807, 2.05) is 0 Å². The summed E-state index contributed by atoms with van der Waals surface area (Å²) in [7, 11) is 0. The molecular formula is C24H17F34N. The van der Waals surface area contributed by atoms with Crippen LogP contribution >= 0.6 is 0 Å². The first-order chi connectivity index (χ1) is 25.1. The van der Waals surface area contributed by atoms with Crippen molar-refractivity contribution < 1.29 is 149 Å². The van der Waals surface area contributed by atoms with E-state index in [9.17, 15) is 149 Å². The minimum Gasteiger partial charge on any atom is -0.317 e. The van der Waals surface area contributed by atoms with Gasteiger partial charge in [0.05, 0.1) is 0 Å². The molecule has 0 unspecified atom stereocenters. The van der Waals surface area contributed by atoms with Crippen molar-refractivity contribution in [2.24, 2.45) is 5.92 Å². The molecule has 0 radical (unpaired) electrons. The van der Waals surface area contributed by atoms with Gasteiger partial charge in [0.1, 0.15) is 0 Å². The second-order valence-electron chi connectivity index (χ2n) is 12.0. The normalized spacial score (nSPS) is 16.7. The third-order valence-electron chi connectivity index (χ3n) is 7.99. The highest BCUT2D eigenvalue weighted by Gasteiger charge is 2.96. The van der Waals surface area contributed by atoms with Crippen LogP contribution in [0.3, 0.4) is 0 Å². The molecule has 0 fully saturated rings. The molecule has 0 spiro atoms. The van der Waals surface area contributed by atoms with E-state index in [4.69, 9.17) is 0 Å². The van der Waals surface area contributed by atoms with E-state index in [0.29, 0.717) is 0 Å². The van der Waals surface area contributed by atoms with Gasteiger partial charge >= 0.3 is 95.3 Å². The Morgan fingerprint density at radius 1 is 0.288 bits per heavy atom. The molecule has 0 aliphatic heterocycles. The molecule has 35 heteroatoms. The molecule has 0 aromatic heterocycles. The molecule has 0 bridgehead atoms. The number of hydrogen-bond acceptors (Lipinski definition) is 1. The lowest BCUT2D eigenvalue weighted by atomic mass is 9.85. The Hall–Kier alpha value is -2.42. The van der Waals surface area contributed by atoms with Crippen LogP contribution in [0.25, 0.3) is 0 Å².